The largest absolute Gasteiger partial charge is 0.481 e. The molecule has 228 valence electrons. The summed E-state index contributed by atoms with van der Waals surface area (Å²) in [6.07, 6.45) is 8.19. The van der Waals surface area contributed by atoms with Gasteiger partial charge in [-0.2, -0.15) is 0 Å². The Bertz CT molecular complexity index is 1250. The Kier molecular flexibility index (Phi) is 10.6. The van der Waals surface area contributed by atoms with Gasteiger partial charge in [0, 0.05) is 60.7 Å². The standard InChI is InChI=1S/C33H43Cl2N3O4/c1-5-25(34)13-10-22(3)30-28(24-8-7-9-26(35)18-24)19-33(4,20-29(39)40)32(42)38(30)27(6-2)21-36-14-16-37(17-15-36)31(41)23-11-12-23/h5,7-10,13,18,23,27-28,30H,3,6,11-12,14-17,19-21H2,1-2,4H3,(H,39,40)/b13-10-,25-5+/t27-,28+,30+,33+/m0/s1. The van der Waals surface area contributed by atoms with E-state index in [0.29, 0.717) is 42.5 Å². The first kappa shape index (κ1) is 32.3. The molecule has 0 radical (unpaired) electrons. The Morgan fingerprint density at radius 1 is 1.19 bits per heavy atom. The van der Waals surface area contributed by atoms with Crippen LogP contribution in [-0.2, 0) is 14.4 Å². The number of aliphatic carboxylic acids is 1. The first-order valence-electron chi connectivity index (χ1n) is 15.0. The van der Waals surface area contributed by atoms with Gasteiger partial charge in [-0.15, -0.1) is 0 Å². The molecule has 3 aliphatic rings. The van der Waals surface area contributed by atoms with Crippen molar-refractivity contribution in [2.45, 2.75) is 70.9 Å². The minimum Gasteiger partial charge on any atom is -0.481 e. The van der Waals surface area contributed by atoms with Crippen molar-refractivity contribution in [1.82, 2.24) is 14.7 Å². The predicted octanol–water partition coefficient (Wildman–Crippen LogP) is 6.09. The monoisotopic (exact) mass is 615 g/mol. The van der Waals surface area contributed by atoms with Gasteiger partial charge in [-0.1, -0.05) is 67.9 Å². The number of carboxylic acid groups (broad SMARTS) is 1. The summed E-state index contributed by atoms with van der Waals surface area (Å²) in [5, 5.41) is 11.0. The molecular weight excluding hydrogens is 573 g/mol. The number of hydrogen-bond acceptors (Lipinski definition) is 4. The maximum Gasteiger partial charge on any atom is 0.304 e. The van der Waals surface area contributed by atoms with Crippen LogP contribution in [0.2, 0.25) is 5.02 Å². The van der Waals surface area contributed by atoms with Crippen LogP contribution in [0.5, 0.6) is 0 Å². The Labute approximate surface area is 259 Å². The molecule has 1 N–H and O–H groups in total. The van der Waals surface area contributed by atoms with Gasteiger partial charge in [-0.3, -0.25) is 19.3 Å². The van der Waals surface area contributed by atoms with Gasteiger partial charge in [0.05, 0.1) is 17.9 Å². The number of benzene rings is 1. The summed E-state index contributed by atoms with van der Waals surface area (Å²) in [5.41, 5.74) is 0.558. The van der Waals surface area contributed by atoms with E-state index >= 15 is 0 Å². The number of rotatable bonds is 11. The molecule has 2 amide bonds. The van der Waals surface area contributed by atoms with Gasteiger partial charge in [-0.05, 0) is 62.0 Å². The number of carbonyl (C=O) groups is 3. The summed E-state index contributed by atoms with van der Waals surface area (Å²) in [7, 11) is 0. The molecule has 42 heavy (non-hydrogen) atoms. The van der Waals surface area contributed by atoms with Gasteiger partial charge in [-0.25, -0.2) is 0 Å². The number of amides is 2. The Hall–Kier alpha value is -2.61. The van der Waals surface area contributed by atoms with Gasteiger partial charge in [0.25, 0.3) is 0 Å². The molecule has 0 spiro atoms. The highest BCUT2D eigenvalue weighted by Crippen LogP contribution is 2.48. The highest BCUT2D eigenvalue weighted by atomic mass is 35.5. The van der Waals surface area contributed by atoms with Crippen LogP contribution in [0.4, 0.5) is 0 Å². The smallest absolute Gasteiger partial charge is 0.304 e. The van der Waals surface area contributed by atoms with Crippen molar-refractivity contribution in [3.8, 4) is 0 Å². The molecule has 3 fully saturated rings. The quantitative estimate of drug-likeness (QED) is 0.305. The summed E-state index contributed by atoms with van der Waals surface area (Å²) < 4.78 is 0. The second-order valence-electron chi connectivity index (χ2n) is 12.2. The minimum absolute atomic E-state index is 0.172. The first-order chi connectivity index (χ1) is 20.0. The zero-order chi connectivity index (χ0) is 30.6. The van der Waals surface area contributed by atoms with Gasteiger partial charge >= 0.3 is 5.97 Å². The number of halogens is 2. The van der Waals surface area contributed by atoms with E-state index in [1.165, 1.54) is 0 Å². The average Bonchev–Trinajstić information content (AvgIpc) is 3.81. The third-order valence-electron chi connectivity index (χ3n) is 8.98. The number of allylic oxidation sites excluding steroid dienone is 3. The summed E-state index contributed by atoms with van der Waals surface area (Å²) in [6, 6.07) is 6.99. The Balaban J connectivity index is 1.70. The van der Waals surface area contributed by atoms with E-state index in [9.17, 15) is 19.5 Å². The van der Waals surface area contributed by atoms with Crippen LogP contribution in [-0.4, -0.2) is 82.4 Å². The maximum absolute atomic E-state index is 14.5. The van der Waals surface area contributed by atoms with E-state index < -0.39 is 17.4 Å². The second-order valence-corrected chi connectivity index (χ2v) is 13.1. The lowest BCUT2D eigenvalue weighted by atomic mass is 9.67. The van der Waals surface area contributed by atoms with E-state index in [-0.39, 0.29) is 36.1 Å². The van der Waals surface area contributed by atoms with Gasteiger partial charge in [0.1, 0.15) is 0 Å². The number of carboxylic acids is 1. The molecule has 2 saturated heterocycles. The highest BCUT2D eigenvalue weighted by Gasteiger charge is 2.52. The zero-order valence-electron chi connectivity index (χ0n) is 24.9. The lowest BCUT2D eigenvalue weighted by Crippen LogP contribution is -2.62. The fourth-order valence-electron chi connectivity index (χ4n) is 6.50. The van der Waals surface area contributed by atoms with Crippen LogP contribution in [0.1, 0.15) is 64.4 Å². The van der Waals surface area contributed by atoms with Gasteiger partial charge in [0.2, 0.25) is 11.8 Å². The van der Waals surface area contributed by atoms with Crippen molar-refractivity contribution in [1.29, 1.82) is 0 Å². The summed E-state index contributed by atoms with van der Waals surface area (Å²) >= 11 is 12.7. The third kappa shape index (κ3) is 7.47. The predicted molar refractivity (Wildman–Crippen MR) is 168 cm³/mol. The van der Waals surface area contributed by atoms with Crippen molar-refractivity contribution < 1.29 is 19.5 Å². The molecule has 0 unspecified atom stereocenters. The number of carbonyl (C=O) groups excluding carboxylic acids is 2. The Morgan fingerprint density at radius 3 is 2.45 bits per heavy atom. The molecule has 2 heterocycles. The first-order valence-corrected chi connectivity index (χ1v) is 15.7. The topological polar surface area (TPSA) is 81.2 Å². The molecule has 0 bridgehead atoms. The molecule has 1 aliphatic carbocycles. The van der Waals surface area contributed by atoms with Crippen LogP contribution in [0.25, 0.3) is 0 Å². The van der Waals surface area contributed by atoms with E-state index in [2.05, 4.69) is 18.4 Å². The molecule has 2 aliphatic heterocycles. The summed E-state index contributed by atoms with van der Waals surface area (Å²) in [5.74, 6) is -0.928. The van der Waals surface area contributed by atoms with Gasteiger partial charge < -0.3 is 14.9 Å². The molecule has 0 aromatic heterocycles. The molecule has 1 saturated carbocycles. The van der Waals surface area contributed by atoms with Crippen LogP contribution in [0.15, 0.2) is 59.7 Å². The SMILES string of the molecule is C=C(/C=C\C(Cl)=C/C)[C@@H]1[C@@H](c2cccc(Cl)c2)C[C@](C)(CC(=O)O)C(=O)N1[C@@H](CC)CN1CCN(C(=O)C2CC2)CC1. The Morgan fingerprint density at radius 2 is 1.88 bits per heavy atom. The van der Waals surface area contributed by atoms with Crippen LogP contribution >= 0.6 is 23.2 Å². The van der Waals surface area contributed by atoms with E-state index in [1.54, 1.807) is 19.1 Å². The molecular formula is C33H43Cl2N3O4. The summed E-state index contributed by atoms with van der Waals surface area (Å²) in [6.45, 7) is 13.6. The van der Waals surface area contributed by atoms with Crippen molar-refractivity contribution >= 4 is 41.0 Å². The lowest BCUT2D eigenvalue weighted by Gasteiger charge is -2.53. The molecule has 4 atom stereocenters. The molecule has 7 nitrogen and oxygen atoms in total. The van der Waals surface area contributed by atoms with E-state index in [0.717, 1.165) is 37.1 Å². The second kappa shape index (κ2) is 13.8. The summed E-state index contributed by atoms with van der Waals surface area (Å²) in [4.78, 5) is 45.3. The van der Waals surface area contributed by atoms with Gasteiger partial charge in [0.15, 0.2) is 0 Å². The normalized spacial score (nSPS) is 26.5. The van der Waals surface area contributed by atoms with Crippen molar-refractivity contribution in [3.63, 3.8) is 0 Å². The third-order valence-corrected chi connectivity index (χ3v) is 9.56. The van der Waals surface area contributed by atoms with E-state index in [1.807, 2.05) is 47.1 Å². The average molecular weight is 617 g/mol. The van der Waals surface area contributed by atoms with Crippen LogP contribution < -0.4 is 0 Å². The van der Waals surface area contributed by atoms with Crippen molar-refractivity contribution in [3.05, 3.63) is 70.3 Å². The molecule has 4 rings (SSSR count). The lowest BCUT2D eigenvalue weighted by molar-refractivity contribution is -0.159. The number of nitrogens with zero attached hydrogens (tertiary/aromatic N) is 3. The maximum atomic E-state index is 14.5. The zero-order valence-corrected chi connectivity index (χ0v) is 26.4. The highest BCUT2D eigenvalue weighted by molar-refractivity contribution is 6.31. The van der Waals surface area contributed by atoms with E-state index in [4.69, 9.17) is 23.2 Å². The van der Waals surface area contributed by atoms with Crippen LogP contribution in [0, 0.1) is 11.3 Å². The van der Waals surface area contributed by atoms with Crippen molar-refractivity contribution in [2.24, 2.45) is 11.3 Å². The molecule has 1 aromatic carbocycles. The fourth-order valence-corrected chi connectivity index (χ4v) is 6.76. The minimum atomic E-state index is -1.11. The molecule has 9 heteroatoms. The number of piperidine rings is 1. The molecule has 1 aromatic rings. The van der Waals surface area contributed by atoms with Crippen LogP contribution in [0.3, 0.4) is 0 Å². The number of likely N-dealkylation sites (tertiary alicyclic amines) is 1. The number of piperazine rings is 1. The fraction of sp³-hybridized carbons (Fsp3) is 0.545. The van der Waals surface area contributed by atoms with Crippen molar-refractivity contribution in [2.75, 3.05) is 32.7 Å². The number of hydrogen-bond donors (Lipinski definition) is 1.